The fourth-order valence-corrected chi connectivity index (χ4v) is 4.06. The summed E-state index contributed by atoms with van der Waals surface area (Å²) in [6.07, 6.45) is 5.44. The number of benzene rings is 1. The molecule has 0 unspecified atom stereocenters. The Bertz CT molecular complexity index is 1320. The summed E-state index contributed by atoms with van der Waals surface area (Å²) >= 11 is 0. The van der Waals surface area contributed by atoms with E-state index in [1.807, 2.05) is 49.8 Å². The number of hydrogen-bond donors (Lipinski definition) is 2. The van der Waals surface area contributed by atoms with Gasteiger partial charge in [-0.3, -0.25) is 9.48 Å². The Kier molecular flexibility index (Phi) is 5.39. The van der Waals surface area contributed by atoms with Crippen molar-refractivity contribution in [3.05, 3.63) is 60.6 Å². The van der Waals surface area contributed by atoms with E-state index in [2.05, 4.69) is 37.2 Å². The zero-order chi connectivity index (χ0) is 22.9. The van der Waals surface area contributed by atoms with Crippen molar-refractivity contribution in [2.24, 2.45) is 7.05 Å². The molecule has 0 spiro atoms. The van der Waals surface area contributed by atoms with Crippen LogP contribution < -0.4 is 16.0 Å². The summed E-state index contributed by atoms with van der Waals surface area (Å²) in [4.78, 5) is 26.3. The van der Waals surface area contributed by atoms with Crippen LogP contribution in [0.2, 0.25) is 0 Å². The van der Waals surface area contributed by atoms with E-state index in [0.29, 0.717) is 17.2 Å². The number of nitrogens with two attached hydrogens (primary N) is 1. The number of nitrogen functional groups attached to an aromatic ring is 1. The molecular formula is C24H26N8O. The number of hydrogen-bond acceptors (Lipinski definition) is 7. The lowest BCUT2D eigenvalue weighted by molar-refractivity contribution is 0.102. The van der Waals surface area contributed by atoms with Crippen LogP contribution in [-0.4, -0.2) is 63.8 Å². The molecule has 0 bridgehead atoms. The van der Waals surface area contributed by atoms with Gasteiger partial charge in [0.15, 0.2) is 0 Å². The molecule has 1 aliphatic heterocycles. The van der Waals surface area contributed by atoms with Crippen LogP contribution in [0.5, 0.6) is 0 Å². The van der Waals surface area contributed by atoms with Crippen molar-refractivity contribution in [2.75, 3.05) is 49.2 Å². The Morgan fingerprint density at radius 2 is 1.85 bits per heavy atom. The van der Waals surface area contributed by atoms with Gasteiger partial charge < -0.3 is 20.9 Å². The van der Waals surface area contributed by atoms with Gasteiger partial charge in [-0.1, -0.05) is 12.1 Å². The van der Waals surface area contributed by atoms with E-state index in [-0.39, 0.29) is 5.91 Å². The predicted octanol–water partition coefficient (Wildman–Crippen LogP) is 2.62. The van der Waals surface area contributed by atoms with Crippen LogP contribution >= 0.6 is 0 Å². The molecule has 3 N–H and O–H groups in total. The number of carbonyl (C=O) groups is 1. The van der Waals surface area contributed by atoms with Crippen LogP contribution in [0.1, 0.15) is 10.4 Å². The Balaban J connectivity index is 1.39. The molecule has 4 heterocycles. The van der Waals surface area contributed by atoms with Crippen LogP contribution in [0.3, 0.4) is 0 Å². The van der Waals surface area contributed by atoms with Gasteiger partial charge in [0.05, 0.1) is 6.20 Å². The predicted molar refractivity (Wildman–Crippen MR) is 130 cm³/mol. The van der Waals surface area contributed by atoms with E-state index < -0.39 is 0 Å². The number of fused-ring (bicyclic) bond motifs is 1. The van der Waals surface area contributed by atoms with Gasteiger partial charge in [-0.25, -0.2) is 9.97 Å². The summed E-state index contributed by atoms with van der Waals surface area (Å²) in [7, 11) is 3.99. The second-order valence-electron chi connectivity index (χ2n) is 8.38. The molecule has 5 rings (SSSR count). The molecule has 3 aromatic heterocycles. The minimum absolute atomic E-state index is 0.248. The first kappa shape index (κ1) is 20.9. The van der Waals surface area contributed by atoms with Crippen molar-refractivity contribution >= 4 is 34.1 Å². The maximum atomic E-state index is 13.0. The molecule has 1 aliphatic rings. The Morgan fingerprint density at radius 1 is 1.03 bits per heavy atom. The number of piperazine rings is 1. The summed E-state index contributed by atoms with van der Waals surface area (Å²) in [5, 5.41) is 8.86. The molecule has 9 nitrogen and oxygen atoms in total. The van der Waals surface area contributed by atoms with E-state index in [1.54, 1.807) is 16.9 Å². The van der Waals surface area contributed by atoms with E-state index in [0.717, 1.165) is 53.9 Å². The summed E-state index contributed by atoms with van der Waals surface area (Å²) in [5.41, 5.74) is 8.75. The topological polar surface area (TPSA) is 105 Å². The van der Waals surface area contributed by atoms with Crippen molar-refractivity contribution in [3.8, 4) is 11.1 Å². The smallest absolute Gasteiger partial charge is 0.257 e. The largest absolute Gasteiger partial charge is 0.383 e. The molecule has 0 saturated carbocycles. The highest BCUT2D eigenvalue weighted by atomic mass is 16.1. The Hall–Kier alpha value is -3.98. The molecule has 0 radical (unpaired) electrons. The average Bonchev–Trinajstić information content (AvgIpc) is 3.25. The highest BCUT2D eigenvalue weighted by Gasteiger charge is 2.17. The fourth-order valence-electron chi connectivity index (χ4n) is 4.06. The molecule has 33 heavy (non-hydrogen) atoms. The fraction of sp³-hybridized carbons (Fsp3) is 0.250. The second-order valence-corrected chi connectivity index (χ2v) is 8.38. The zero-order valence-corrected chi connectivity index (χ0v) is 18.7. The van der Waals surface area contributed by atoms with Gasteiger partial charge in [0.1, 0.15) is 17.5 Å². The van der Waals surface area contributed by atoms with Crippen molar-refractivity contribution in [2.45, 2.75) is 0 Å². The molecule has 9 heteroatoms. The first-order valence-corrected chi connectivity index (χ1v) is 10.9. The molecule has 168 valence electrons. The van der Waals surface area contributed by atoms with Crippen molar-refractivity contribution in [1.82, 2.24) is 24.6 Å². The van der Waals surface area contributed by atoms with Gasteiger partial charge in [0.25, 0.3) is 5.91 Å². The van der Waals surface area contributed by atoms with Gasteiger partial charge in [0.2, 0.25) is 0 Å². The van der Waals surface area contributed by atoms with Crippen LogP contribution in [0, 0.1) is 0 Å². The van der Waals surface area contributed by atoms with Crippen LogP contribution in [0.25, 0.3) is 21.9 Å². The maximum Gasteiger partial charge on any atom is 0.257 e. The number of aryl methyl sites for hydroxylation is 1. The van der Waals surface area contributed by atoms with Crippen LogP contribution in [0.4, 0.5) is 17.5 Å². The normalized spacial score (nSPS) is 14.5. The highest BCUT2D eigenvalue weighted by Crippen LogP contribution is 2.28. The quantitative estimate of drug-likeness (QED) is 0.500. The lowest BCUT2D eigenvalue weighted by Gasteiger charge is -2.33. The number of aromatic nitrogens is 4. The molecule has 1 amide bonds. The lowest BCUT2D eigenvalue weighted by atomic mass is 10.0. The minimum Gasteiger partial charge on any atom is -0.383 e. The Labute approximate surface area is 191 Å². The minimum atomic E-state index is -0.248. The molecule has 0 aliphatic carbocycles. The van der Waals surface area contributed by atoms with Crippen molar-refractivity contribution < 1.29 is 4.79 Å². The Morgan fingerprint density at radius 3 is 2.61 bits per heavy atom. The average molecular weight is 443 g/mol. The van der Waals surface area contributed by atoms with E-state index >= 15 is 0 Å². The SMILES string of the molecule is CN1CCN(c2cc(C(=O)Nc3cc4cc(-c5cnn(C)c5)ccc4c(N)n3)ccn2)CC1. The summed E-state index contributed by atoms with van der Waals surface area (Å²) in [5.74, 6) is 1.34. The first-order valence-electron chi connectivity index (χ1n) is 10.9. The highest BCUT2D eigenvalue weighted by molar-refractivity contribution is 6.05. The van der Waals surface area contributed by atoms with E-state index in [1.165, 1.54) is 0 Å². The van der Waals surface area contributed by atoms with Crippen molar-refractivity contribution in [1.29, 1.82) is 0 Å². The number of nitrogens with zero attached hydrogens (tertiary/aromatic N) is 6. The number of carbonyl (C=O) groups excluding carboxylic acids is 1. The second kappa shape index (κ2) is 8.51. The summed E-state index contributed by atoms with van der Waals surface area (Å²) in [6, 6.07) is 11.3. The van der Waals surface area contributed by atoms with Crippen molar-refractivity contribution in [3.63, 3.8) is 0 Å². The summed E-state index contributed by atoms with van der Waals surface area (Å²) < 4.78 is 1.76. The number of anilines is 3. The maximum absolute atomic E-state index is 13.0. The monoisotopic (exact) mass is 442 g/mol. The lowest BCUT2D eigenvalue weighted by Crippen LogP contribution is -2.44. The van der Waals surface area contributed by atoms with E-state index in [9.17, 15) is 4.79 Å². The molecule has 0 atom stereocenters. The van der Waals surface area contributed by atoms with Gasteiger partial charge in [-0.15, -0.1) is 0 Å². The molecule has 1 aromatic carbocycles. The zero-order valence-electron chi connectivity index (χ0n) is 18.7. The number of rotatable bonds is 4. The van der Waals surface area contributed by atoms with Crippen LogP contribution in [-0.2, 0) is 7.05 Å². The summed E-state index contributed by atoms with van der Waals surface area (Å²) in [6.45, 7) is 3.71. The standard InChI is InChI=1S/C24H26N8O/c1-30-7-9-32(10-8-30)22-13-17(5-6-26-22)24(33)29-21-12-18-11-16(19-14-27-31(2)15-19)3-4-20(18)23(25)28-21/h3-6,11-15H,7-10H2,1-2H3,(H3,25,28,29,33). The third kappa shape index (κ3) is 4.35. The van der Waals surface area contributed by atoms with Gasteiger partial charge in [0, 0.05) is 62.1 Å². The molecule has 1 saturated heterocycles. The third-order valence-corrected chi connectivity index (χ3v) is 5.98. The number of nitrogens with one attached hydrogen (secondary N) is 1. The molecule has 1 fully saturated rings. The van der Waals surface area contributed by atoms with Gasteiger partial charge >= 0.3 is 0 Å². The van der Waals surface area contributed by atoms with Gasteiger partial charge in [-0.05, 0) is 42.3 Å². The first-order chi connectivity index (χ1) is 16.0. The molecular weight excluding hydrogens is 416 g/mol. The number of amides is 1. The third-order valence-electron chi connectivity index (χ3n) is 5.98. The van der Waals surface area contributed by atoms with Crippen LogP contribution in [0.15, 0.2) is 55.0 Å². The molecule has 4 aromatic rings. The number of likely N-dealkylation sites (N-methyl/N-ethyl adjacent to an activating group) is 1. The number of pyridine rings is 2. The van der Waals surface area contributed by atoms with Gasteiger partial charge in [-0.2, -0.15) is 5.10 Å². The van der Waals surface area contributed by atoms with E-state index in [4.69, 9.17) is 5.73 Å².